The van der Waals surface area contributed by atoms with Crippen molar-refractivity contribution >= 4 is 35.1 Å². The predicted molar refractivity (Wildman–Crippen MR) is 129 cm³/mol. The maximum atomic E-state index is 13.7. The summed E-state index contributed by atoms with van der Waals surface area (Å²) in [4.78, 5) is 65.3. The van der Waals surface area contributed by atoms with Crippen molar-refractivity contribution in [2.75, 3.05) is 12.0 Å². The summed E-state index contributed by atoms with van der Waals surface area (Å²) in [6.07, 6.45) is 5.00. The molecule has 2 fully saturated rings. The normalized spacial score (nSPS) is 18.6. The second-order valence-corrected chi connectivity index (χ2v) is 8.99. The largest absolute Gasteiger partial charge is 0.465 e. The molecule has 2 aromatic rings. The van der Waals surface area contributed by atoms with Crippen LogP contribution in [0.4, 0.5) is 11.4 Å². The number of ether oxygens (including phenoxy) is 1. The van der Waals surface area contributed by atoms with E-state index >= 15 is 0 Å². The van der Waals surface area contributed by atoms with Crippen molar-refractivity contribution in [3.8, 4) is 0 Å². The first kappa shape index (κ1) is 25.0. The van der Waals surface area contributed by atoms with Gasteiger partial charge in [-0.1, -0.05) is 31.7 Å². The molecule has 1 saturated heterocycles. The highest BCUT2D eigenvalue weighted by atomic mass is 16.6. The van der Waals surface area contributed by atoms with Crippen molar-refractivity contribution in [1.82, 2.24) is 4.90 Å². The zero-order chi connectivity index (χ0) is 25.8. The fourth-order valence-corrected chi connectivity index (χ4v) is 4.97. The number of methoxy groups -OCH3 is 1. The van der Waals surface area contributed by atoms with E-state index in [1.54, 1.807) is 0 Å². The first-order chi connectivity index (χ1) is 17.3. The zero-order valence-corrected chi connectivity index (χ0v) is 19.9. The van der Waals surface area contributed by atoms with Gasteiger partial charge in [0.05, 0.1) is 29.7 Å². The van der Waals surface area contributed by atoms with Crippen LogP contribution in [0.25, 0.3) is 0 Å². The molecule has 0 bridgehead atoms. The summed E-state index contributed by atoms with van der Waals surface area (Å²) >= 11 is 0. The number of carbonyl (C=O) groups is 4. The molecule has 1 unspecified atom stereocenters. The minimum atomic E-state index is -1.02. The number of esters is 1. The summed E-state index contributed by atoms with van der Waals surface area (Å²) in [6.45, 7) is 0. The van der Waals surface area contributed by atoms with Crippen molar-refractivity contribution in [1.29, 1.82) is 0 Å². The number of rotatable bonds is 6. The topological polar surface area (TPSA) is 127 Å². The fourth-order valence-electron chi connectivity index (χ4n) is 4.97. The van der Waals surface area contributed by atoms with Crippen LogP contribution >= 0.6 is 0 Å². The SMILES string of the molecule is COC(=O)c1ccc(N2C(=O)CC(N(C(=O)c3cccc([N+](=O)[O-])c3)C3CCCCCC3)C2=O)cc1. The summed E-state index contributed by atoms with van der Waals surface area (Å²) < 4.78 is 4.69. The molecule has 0 radical (unpaired) electrons. The Balaban J connectivity index is 1.67. The van der Waals surface area contributed by atoms with E-state index in [2.05, 4.69) is 4.74 Å². The third kappa shape index (κ3) is 4.98. The van der Waals surface area contributed by atoms with Gasteiger partial charge in [-0.05, 0) is 43.2 Å². The van der Waals surface area contributed by atoms with Gasteiger partial charge in [-0.15, -0.1) is 0 Å². The Kier molecular flexibility index (Phi) is 7.42. The maximum Gasteiger partial charge on any atom is 0.337 e. The molecule has 0 aromatic heterocycles. The van der Waals surface area contributed by atoms with Crippen molar-refractivity contribution in [3.05, 3.63) is 69.8 Å². The van der Waals surface area contributed by atoms with Crippen LogP contribution in [-0.2, 0) is 14.3 Å². The van der Waals surface area contributed by atoms with Crippen molar-refractivity contribution in [2.45, 2.75) is 57.0 Å². The van der Waals surface area contributed by atoms with Gasteiger partial charge in [-0.25, -0.2) is 9.69 Å². The van der Waals surface area contributed by atoms with E-state index < -0.39 is 34.7 Å². The molecule has 2 aromatic carbocycles. The van der Waals surface area contributed by atoms with Gasteiger partial charge in [0.1, 0.15) is 6.04 Å². The van der Waals surface area contributed by atoms with E-state index in [0.29, 0.717) is 18.5 Å². The van der Waals surface area contributed by atoms with E-state index in [9.17, 15) is 29.3 Å². The number of imide groups is 1. The number of anilines is 1. The summed E-state index contributed by atoms with van der Waals surface area (Å²) in [5, 5.41) is 11.3. The number of hydrogen-bond acceptors (Lipinski definition) is 7. The van der Waals surface area contributed by atoms with Gasteiger partial charge in [0.25, 0.3) is 17.5 Å². The van der Waals surface area contributed by atoms with Crippen molar-refractivity contribution in [2.24, 2.45) is 0 Å². The molecule has 1 saturated carbocycles. The van der Waals surface area contributed by atoms with Crippen LogP contribution < -0.4 is 4.90 Å². The molecule has 3 amide bonds. The number of nitro benzene ring substituents is 1. The van der Waals surface area contributed by atoms with Crippen molar-refractivity contribution < 1.29 is 28.8 Å². The van der Waals surface area contributed by atoms with E-state index in [-0.39, 0.29) is 29.3 Å². The van der Waals surface area contributed by atoms with Crippen LogP contribution in [0.5, 0.6) is 0 Å². The van der Waals surface area contributed by atoms with Crippen molar-refractivity contribution in [3.63, 3.8) is 0 Å². The zero-order valence-electron chi connectivity index (χ0n) is 19.9. The van der Waals surface area contributed by atoms with Crippen LogP contribution in [0.15, 0.2) is 48.5 Å². The number of benzene rings is 2. The van der Waals surface area contributed by atoms with Gasteiger partial charge in [0, 0.05) is 23.7 Å². The van der Waals surface area contributed by atoms with Gasteiger partial charge < -0.3 is 9.64 Å². The third-order valence-corrected chi connectivity index (χ3v) is 6.76. The first-order valence-corrected chi connectivity index (χ1v) is 11.9. The molecule has 36 heavy (non-hydrogen) atoms. The minimum absolute atomic E-state index is 0.106. The molecule has 0 spiro atoms. The molecule has 1 aliphatic heterocycles. The highest BCUT2D eigenvalue weighted by molar-refractivity contribution is 6.23. The van der Waals surface area contributed by atoms with E-state index in [4.69, 9.17) is 0 Å². The molecular formula is C26H27N3O7. The number of non-ortho nitro benzene ring substituents is 1. The van der Waals surface area contributed by atoms with Gasteiger partial charge in [0.2, 0.25) is 5.91 Å². The first-order valence-electron chi connectivity index (χ1n) is 11.9. The van der Waals surface area contributed by atoms with Gasteiger partial charge in [-0.2, -0.15) is 0 Å². The fraction of sp³-hybridized carbons (Fsp3) is 0.385. The Morgan fingerprint density at radius 1 is 1.00 bits per heavy atom. The van der Waals surface area contributed by atoms with Crippen LogP contribution in [-0.4, -0.2) is 52.7 Å². The number of nitro groups is 1. The van der Waals surface area contributed by atoms with Gasteiger partial charge in [0.15, 0.2) is 0 Å². The molecule has 0 N–H and O–H groups in total. The smallest absolute Gasteiger partial charge is 0.337 e. The maximum absolute atomic E-state index is 13.7. The molecule has 4 rings (SSSR count). The monoisotopic (exact) mass is 493 g/mol. The number of nitrogens with zero attached hydrogens (tertiary/aromatic N) is 3. The average molecular weight is 494 g/mol. The molecular weight excluding hydrogens is 466 g/mol. The molecule has 1 aliphatic carbocycles. The molecule has 1 atom stereocenters. The molecule has 10 nitrogen and oxygen atoms in total. The van der Waals surface area contributed by atoms with Crippen LogP contribution in [0.2, 0.25) is 0 Å². The number of hydrogen-bond donors (Lipinski definition) is 0. The van der Waals surface area contributed by atoms with E-state index in [1.165, 1.54) is 60.5 Å². The van der Waals surface area contributed by atoms with Gasteiger partial charge >= 0.3 is 5.97 Å². The molecule has 10 heteroatoms. The second-order valence-electron chi connectivity index (χ2n) is 8.99. The summed E-state index contributed by atoms with van der Waals surface area (Å²) in [7, 11) is 1.26. The summed E-state index contributed by atoms with van der Waals surface area (Å²) in [5.41, 5.74) is 0.457. The quantitative estimate of drug-likeness (QED) is 0.196. The molecule has 2 aliphatic rings. The lowest BCUT2D eigenvalue weighted by Crippen LogP contribution is -2.50. The Labute approximate surface area is 208 Å². The summed E-state index contributed by atoms with van der Waals surface area (Å²) in [6, 6.07) is 10.1. The lowest BCUT2D eigenvalue weighted by Gasteiger charge is -2.35. The Morgan fingerprint density at radius 2 is 1.67 bits per heavy atom. The number of amides is 3. The molecule has 188 valence electrons. The number of carbonyl (C=O) groups excluding carboxylic acids is 4. The average Bonchev–Trinajstić information content (AvgIpc) is 3.05. The minimum Gasteiger partial charge on any atom is -0.465 e. The highest BCUT2D eigenvalue weighted by Crippen LogP contribution is 2.32. The Bertz CT molecular complexity index is 1190. The van der Waals surface area contributed by atoms with E-state index in [0.717, 1.165) is 30.6 Å². The van der Waals surface area contributed by atoms with Gasteiger partial charge in [-0.3, -0.25) is 24.5 Å². The Hall–Kier alpha value is -4.08. The molecule has 1 heterocycles. The lowest BCUT2D eigenvalue weighted by molar-refractivity contribution is -0.384. The van der Waals surface area contributed by atoms with Crippen LogP contribution in [0.1, 0.15) is 65.7 Å². The second kappa shape index (κ2) is 10.7. The summed E-state index contributed by atoms with van der Waals surface area (Å²) in [5.74, 6) is -2.03. The highest BCUT2D eigenvalue weighted by Gasteiger charge is 2.46. The third-order valence-electron chi connectivity index (χ3n) is 6.76. The Morgan fingerprint density at radius 3 is 2.28 bits per heavy atom. The standard InChI is InChI=1S/C26H27N3O7/c1-36-26(33)17-11-13-20(14-12-17)28-23(30)16-22(25(28)32)27(19-8-4-2-3-5-9-19)24(31)18-7-6-10-21(15-18)29(34)35/h6-7,10-15,19,22H,2-5,8-9,16H2,1H3. The van der Waals surface area contributed by atoms with Crippen LogP contribution in [0, 0.1) is 10.1 Å². The van der Waals surface area contributed by atoms with Crippen LogP contribution in [0.3, 0.4) is 0 Å². The lowest BCUT2D eigenvalue weighted by atomic mass is 10.0. The predicted octanol–water partition coefficient (Wildman–Crippen LogP) is 3.88. The van der Waals surface area contributed by atoms with E-state index in [1.807, 2.05) is 0 Å².